The van der Waals surface area contributed by atoms with E-state index in [0.717, 1.165) is 21.9 Å². The molecule has 2 rings (SSSR count). The predicted octanol–water partition coefficient (Wildman–Crippen LogP) is 4.99. The number of benzene rings is 1. The van der Waals surface area contributed by atoms with E-state index in [1.807, 2.05) is 11.4 Å². The SMILES string of the molecule is O=[N+]([O-])c1ccc(CC(Br)c2sccc2Cl)cc1. The molecule has 3 nitrogen and oxygen atoms in total. The summed E-state index contributed by atoms with van der Waals surface area (Å²) >= 11 is 11.2. The third-order valence-corrected chi connectivity index (χ3v) is 5.05. The van der Waals surface area contributed by atoms with E-state index in [1.165, 1.54) is 12.1 Å². The topological polar surface area (TPSA) is 43.1 Å². The van der Waals surface area contributed by atoms with Gasteiger partial charge in [-0.3, -0.25) is 10.1 Å². The summed E-state index contributed by atoms with van der Waals surface area (Å²) in [5, 5.41) is 13.2. The Hall–Kier alpha value is -0.910. The van der Waals surface area contributed by atoms with Gasteiger partial charge in [-0.2, -0.15) is 0 Å². The summed E-state index contributed by atoms with van der Waals surface area (Å²) in [5.41, 5.74) is 1.14. The minimum Gasteiger partial charge on any atom is -0.258 e. The highest BCUT2D eigenvalue weighted by Gasteiger charge is 2.14. The van der Waals surface area contributed by atoms with Gasteiger partial charge in [0.15, 0.2) is 0 Å². The molecule has 0 aliphatic rings. The summed E-state index contributed by atoms with van der Waals surface area (Å²) in [6, 6.07) is 8.45. The van der Waals surface area contributed by atoms with E-state index in [0.29, 0.717) is 0 Å². The smallest absolute Gasteiger partial charge is 0.258 e. The molecule has 0 saturated carbocycles. The van der Waals surface area contributed by atoms with E-state index in [-0.39, 0.29) is 10.5 Å². The third-order valence-electron chi connectivity index (χ3n) is 2.49. The van der Waals surface area contributed by atoms with Crippen LogP contribution in [0.2, 0.25) is 5.02 Å². The molecule has 0 spiro atoms. The van der Waals surface area contributed by atoms with Crippen LogP contribution in [-0.4, -0.2) is 4.92 Å². The van der Waals surface area contributed by atoms with Gasteiger partial charge in [-0.25, -0.2) is 0 Å². The monoisotopic (exact) mass is 345 g/mol. The Morgan fingerprint density at radius 2 is 2.00 bits per heavy atom. The Morgan fingerprint density at radius 3 is 2.50 bits per heavy atom. The van der Waals surface area contributed by atoms with Crippen LogP contribution in [0.15, 0.2) is 35.7 Å². The highest BCUT2D eigenvalue weighted by Crippen LogP contribution is 2.36. The summed E-state index contributed by atoms with van der Waals surface area (Å²) in [6.45, 7) is 0. The first-order valence-electron chi connectivity index (χ1n) is 5.18. The molecule has 0 saturated heterocycles. The number of thiophene rings is 1. The molecule has 0 radical (unpaired) electrons. The molecule has 0 amide bonds. The van der Waals surface area contributed by atoms with Crippen LogP contribution in [-0.2, 0) is 6.42 Å². The van der Waals surface area contributed by atoms with Crippen molar-refractivity contribution in [2.75, 3.05) is 0 Å². The number of nitro benzene ring substituents is 1. The standard InChI is InChI=1S/C12H9BrClNO2S/c13-10(12-11(14)5-6-18-12)7-8-1-3-9(4-2-8)15(16)17/h1-6,10H,7H2. The summed E-state index contributed by atoms with van der Waals surface area (Å²) < 4.78 is 0. The molecule has 0 aliphatic carbocycles. The van der Waals surface area contributed by atoms with E-state index < -0.39 is 4.92 Å². The molecule has 1 aromatic heterocycles. The van der Waals surface area contributed by atoms with E-state index in [2.05, 4.69) is 15.9 Å². The number of non-ortho nitro benzene ring substituents is 1. The lowest BCUT2D eigenvalue weighted by atomic mass is 10.1. The fourth-order valence-electron chi connectivity index (χ4n) is 1.58. The summed E-state index contributed by atoms with van der Waals surface area (Å²) in [6.07, 6.45) is 0.748. The highest BCUT2D eigenvalue weighted by atomic mass is 79.9. The quantitative estimate of drug-likeness (QED) is 0.445. The van der Waals surface area contributed by atoms with E-state index in [9.17, 15) is 10.1 Å². The molecule has 0 fully saturated rings. The summed E-state index contributed by atoms with van der Waals surface area (Å²) in [7, 11) is 0. The van der Waals surface area contributed by atoms with Gasteiger partial charge in [0.2, 0.25) is 0 Å². The van der Waals surface area contributed by atoms with Gasteiger partial charge in [-0.15, -0.1) is 11.3 Å². The van der Waals surface area contributed by atoms with Crippen LogP contribution in [0, 0.1) is 10.1 Å². The number of halogens is 2. The molecule has 6 heteroatoms. The van der Waals surface area contributed by atoms with Crippen molar-refractivity contribution >= 4 is 44.6 Å². The lowest BCUT2D eigenvalue weighted by Crippen LogP contribution is -1.94. The van der Waals surface area contributed by atoms with Crippen molar-refractivity contribution in [2.24, 2.45) is 0 Å². The highest BCUT2D eigenvalue weighted by molar-refractivity contribution is 9.09. The largest absolute Gasteiger partial charge is 0.269 e. The number of alkyl halides is 1. The van der Waals surface area contributed by atoms with Gasteiger partial charge >= 0.3 is 0 Å². The molecule has 0 bridgehead atoms. The maximum absolute atomic E-state index is 10.5. The van der Waals surface area contributed by atoms with Crippen LogP contribution in [0.3, 0.4) is 0 Å². The molecular weight excluding hydrogens is 338 g/mol. The number of nitro groups is 1. The fraction of sp³-hybridized carbons (Fsp3) is 0.167. The van der Waals surface area contributed by atoms with Crippen LogP contribution < -0.4 is 0 Å². The Labute approximate surface area is 122 Å². The van der Waals surface area contributed by atoms with E-state index in [1.54, 1.807) is 23.5 Å². The molecule has 0 N–H and O–H groups in total. The van der Waals surface area contributed by atoms with Crippen molar-refractivity contribution in [3.63, 3.8) is 0 Å². The molecule has 1 atom stereocenters. The van der Waals surface area contributed by atoms with Crippen LogP contribution in [0.1, 0.15) is 15.3 Å². The van der Waals surface area contributed by atoms with Gasteiger partial charge in [0, 0.05) is 17.0 Å². The Kier molecular flexibility index (Phi) is 4.37. The number of nitrogens with zero attached hydrogens (tertiary/aromatic N) is 1. The second kappa shape index (κ2) is 5.82. The first-order chi connectivity index (χ1) is 8.58. The fourth-order valence-corrected chi connectivity index (χ4v) is 3.82. The summed E-state index contributed by atoms with van der Waals surface area (Å²) in [4.78, 5) is 11.4. The minimum atomic E-state index is -0.397. The van der Waals surface area contributed by atoms with E-state index >= 15 is 0 Å². The van der Waals surface area contributed by atoms with Gasteiger partial charge in [0.25, 0.3) is 5.69 Å². The van der Waals surface area contributed by atoms with Gasteiger partial charge in [-0.05, 0) is 23.4 Å². The molecular formula is C12H9BrClNO2S. The molecule has 18 heavy (non-hydrogen) atoms. The normalized spacial score (nSPS) is 12.3. The average molecular weight is 347 g/mol. The van der Waals surface area contributed by atoms with Crippen molar-refractivity contribution < 1.29 is 4.92 Å². The maximum atomic E-state index is 10.5. The lowest BCUT2D eigenvalue weighted by Gasteiger charge is -2.08. The second-order valence-corrected chi connectivity index (χ2v) is 6.19. The first-order valence-corrected chi connectivity index (χ1v) is 7.35. The van der Waals surface area contributed by atoms with Crippen molar-refractivity contribution in [1.82, 2.24) is 0 Å². The van der Waals surface area contributed by atoms with Crippen molar-refractivity contribution in [3.05, 3.63) is 61.3 Å². The average Bonchev–Trinajstić information content (AvgIpc) is 2.76. The zero-order valence-corrected chi connectivity index (χ0v) is 12.3. The minimum absolute atomic E-state index is 0.110. The van der Waals surface area contributed by atoms with Gasteiger partial charge in [0.05, 0.1) is 14.8 Å². The van der Waals surface area contributed by atoms with Crippen LogP contribution in [0.4, 0.5) is 5.69 Å². The van der Waals surface area contributed by atoms with Crippen LogP contribution in [0.25, 0.3) is 0 Å². The third kappa shape index (κ3) is 3.10. The molecule has 1 heterocycles. The zero-order chi connectivity index (χ0) is 13.1. The van der Waals surface area contributed by atoms with Crippen LogP contribution in [0.5, 0.6) is 0 Å². The van der Waals surface area contributed by atoms with Crippen molar-refractivity contribution in [2.45, 2.75) is 11.2 Å². The van der Waals surface area contributed by atoms with Crippen molar-refractivity contribution in [1.29, 1.82) is 0 Å². The number of rotatable bonds is 4. The molecule has 1 aromatic carbocycles. The Balaban J connectivity index is 2.10. The molecule has 1 unspecified atom stereocenters. The number of hydrogen-bond donors (Lipinski definition) is 0. The van der Waals surface area contributed by atoms with Gasteiger partial charge in [-0.1, -0.05) is 39.7 Å². The zero-order valence-electron chi connectivity index (χ0n) is 9.18. The van der Waals surface area contributed by atoms with Crippen LogP contribution >= 0.6 is 38.9 Å². The predicted molar refractivity (Wildman–Crippen MR) is 77.8 cm³/mol. The first kappa shape index (κ1) is 13.5. The molecule has 94 valence electrons. The molecule has 2 aromatic rings. The Morgan fingerprint density at radius 1 is 1.33 bits per heavy atom. The maximum Gasteiger partial charge on any atom is 0.269 e. The van der Waals surface area contributed by atoms with Gasteiger partial charge < -0.3 is 0 Å². The van der Waals surface area contributed by atoms with Gasteiger partial charge in [0.1, 0.15) is 0 Å². The van der Waals surface area contributed by atoms with E-state index in [4.69, 9.17) is 11.6 Å². The lowest BCUT2D eigenvalue weighted by molar-refractivity contribution is -0.384. The summed E-state index contributed by atoms with van der Waals surface area (Å²) in [5.74, 6) is 0. The second-order valence-electron chi connectivity index (χ2n) is 3.73. The Bertz CT molecular complexity index is 555. The number of hydrogen-bond acceptors (Lipinski definition) is 3. The molecule has 0 aliphatic heterocycles. The van der Waals surface area contributed by atoms with Crippen molar-refractivity contribution in [3.8, 4) is 0 Å².